The minimum atomic E-state index is -3.91. The number of hydrogen-bond donors (Lipinski definition) is 0. The Balaban J connectivity index is 1.88. The Kier molecular flexibility index (Phi) is 5.93. The molecule has 0 unspecified atom stereocenters. The number of para-hydroxylation sites is 1. The first-order valence-electron chi connectivity index (χ1n) is 10.3. The lowest BCUT2D eigenvalue weighted by atomic mass is 9.97. The Morgan fingerprint density at radius 2 is 1.62 bits per heavy atom. The van der Waals surface area contributed by atoms with E-state index in [-0.39, 0.29) is 4.90 Å². The average molecular weight is 451 g/mol. The number of ether oxygens (including phenoxy) is 2. The Bertz CT molecular complexity index is 1270. The molecule has 0 fully saturated rings. The van der Waals surface area contributed by atoms with Crippen LogP contribution in [-0.4, -0.2) is 32.8 Å². The zero-order chi connectivity index (χ0) is 22.9. The predicted molar refractivity (Wildman–Crippen MR) is 125 cm³/mol. The third-order valence-corrected chi connectivity index (χ3v) is 7.51. The molecule has 7 heteroatoms. The van der Waals surface area contributed by atoms with Crippen LogP contribution in [0, 0.1) is 13.8 Å². The molecule has 3 aromatic carbocycles. The molecule has 0 radical (unpaired) electrons. The molecule has 166 valence electrons. The molecule has 0 aliphatic carbocycles. The fourth-order valence-corrected chi connectivity index (χ4v) is 5.64. The molecule has 0 saturated heterocycles. The second-order valence-electron chi connectivity index (χ2n) is 7.76. The van der Waals surface area contributed by atoms with E-state index in [1.165, 1.54) is 4.41 Å². The molecule has 6 nitrogen and oxygen atoms in total. The van der Waals surface area contributed by atoms with Crippen molar-refractivity contribution in [1.82, 2.24) is 4.41 Å². The summed E-state index contributed by atoms with van der Waals surface area (Å²) in [4.78, 5) is 0.237. The van der Waals surface area contributed by atoms with Crippen LogP contribution >= 0.6 is 0 Å². The second kappa shape index (κ2) is 8.67. The summed E-state index contributed by atoms with van der Waals surface area (Å²) < 4.78 is 39.9. The average Bonchev–Trinajstić information content (AvgIpc) is 3.25. The number of aryl methyl sites for hydroxylation is 2. The quantitative estimate of drug-likeness (QED) is 0.538. The fourth-order valence-electron chi connectivity index (χ4n) is 3.98. The molecule has 1 atom stereocenters. The zero-order valence-corrected chi connectivity index (χ0v) is 19.4. The summed E-state index contributed by atoms with van der Waals surface area (Å²) in [6, 6.07) is 19.8. The maximum atomic E-state index is 13.8. The van der Waals surface area contributed by atoms with Gasteiger partial charge < -0.3 is 9.47 Å². The number of rotatable bonds is 6. The van der Waals surface area contributed by atoms with Crippen LogP contribution in [0.2, 0.25) is 0 Å². The van der Waals surface area contributed by atoms with Crippen molar-refractivity contribution in [1.29, 1.82) is 0 Å². The van der Waals surface area contributed by atoms with E-state index in [4.69, 9.17) is 9.47 Å². The van der Waals surface area contributed by atoms with Gasteiger partial charge in [-0.25, -0.2) is 0 Å². The largest absolute Gasteiger partial charge is 0.493 e. The lowest BCUT2D eigenvalue weighted by Crippen LogP contribution is -2.28. The SMILES string of the molecule is COc1cccc([C@@H]2CC(c3ccc(C)cc3)=NN2S(=O)(=O)c2ccccc2C)c1OC. The van der Waals surface area contributed by atoms with Gasteiger partial charge in [0.25, 0.3) is 10.0 Å². The topological polar surface area (TPSA) is 68.2 Å². The maximum Gasteiger partial charge on any atom is 0.279 e. The summed E-state index contributed by atoms with van der Waals surface area (Å²) in [5.41, 5.74) is 4.10. The highest BCUT2D eigenvalue weighted by atomic mass is 32.2. The molecule has 1 aliphatic rings. The van der Waals surface area contributed by atoms with Crippen LogP contribution in [0.15, 0.2) is 76.7 Å². The lowest BCUT2D eigenvalue weighted by molar-refractivity contribution is 0.328. The van der Waals surface area contributed by atoms with Crippen molar-refractivity contribution in [2.45, 2.75) is 31.2 Å². The van der Waals surface area contributed by atoms with Gasteiger partial charge in [0.1, 0.15) is 0 Å². The van der Waals surface area contributed by atoms with Crippen LogP contribution in [-0.2, 0) is 10.0 Å². The minimum absolute atomic E-state index is 0.237. The number of benzene rings is 3. The van der Waals surface area contributed by atoms with Crippen molar-refractivity contribution >= 4 is 15.7 Å². The fraction of sp³-hybridized carbons (Fsp3) is 0.240. The Hall–Kier alpha value is -3.32. The van der Waals surface area contributed by atoms with Crippen molar-refractivity contribution in [3.63, 3.8) is 0 Å². The standard InChI is InChI=1S/C25H26N2O4S/c1-17-12-14-19(15-13-17)21-16-22(20-9-7-10-23(30-3)25(20)31-4)27(26-21)32(28,29)24-11-6-5-8-18(24)2/h5-15,22H,16H2,1-4H3/t22-/m0/s1. The highest BCUT2D eigenvalue weighted by Gasteiger charge is 2.40. The number of methoxy groups -OCH3 is 2. The summed E-state index contributed by atoms with van der Waals surface area (Å²) in [6.45, 7) is 3.80. The van der Waals surface area contributed by atoms with E-state index >= 15 is 0 Å². The Morgan fingerprint density at radius 1 is 0.906 bits per heavy atom. The van der Waals surface area contributed by atoms with Gasteiger partial charge in [0, 0.05) is 12.0 Å². The van der Waals surface area contributed by atoms with Gasteiger partial charge in [-0.05, 0) is 37.1 Å². The second-order valence-corrected chi connectivity index (χ2v) is 9.52. The lowest BCUT2D eigenvalue weighted by Gasteiger charge is -2.26. The van der Waals surface area contributed by atoms with Crippen molar-refractivity contribution in [3.8, 4) is 11.5 Å². The molecule has 3 aromatic rings. The molecule has 4 rings (SSSR count). The van der Waals surface area contributed by atoms with Crippen LogP contribution in [0.3, 0.4) is 0 Å². The van der Waals surface area contributed by atoms with Gasteiger partial charge in [-0.2, -0.15) is 17.9 Å². The molecule has 1 heterocycles. The molecule has 0 amide bonds. The third kappa shape index (κ3) is 3.84. The van der Waals surface area contributed by atoms with Gasteiger partial charge in [0.15, 0.2) is 11.5 Å². The van der Waals surface area contributed by atoms with Gasteiger partial charge in [-0.3, -0.25) is 0 Å². The van der Waals surface area contributed by atoms with E-state index in [1.807, 2.05) is 49.4 Å². The van der Waals surface area contributed by atoms with Gasteiger partial charge >= 0.3 is 0 Å². The summed E-state index contributed by atoms with van der Waals surface area (Å²) in [7, 11) is -0.795. The molecule has 0 spiro atoms. The number of nitrogens with zero attached hydrogens (tertiary/aromatic N) is 2. The summed E-state index contributed by atoms with van der Waals surface area (Å²) >= 11 is 0. The van der Waals surface area contributed by atoms with Crippen LogP contribution < -0.4 is 9.47 Å². The summed E-state index contributed by atoms with van der Waals surface area (Å²) in [6.07, 6.45) is 0.414. The monoisotopic (exact) mass is 450 g/mol. The first-order chi connectivity index (χ1) is 15.4. The molecular weight excluding hydrogens is 424 g/mol. The summed E-state index contributed by atoms with van der Waals surface area (Å²) in [5.74, 6) is 1.05. The zero-order valence-electron chi connectivity index (χ0n) is 18.6. The smallest absolute Gasteiger partial charge is 0.279 e. The van der Waals surface area contributed by atoms with Crippen molar-refractivity contribution in [2.24, 2.45) is 5.10 Å². The van der Waals surface area contributed by atoms with Crippen LogP contribution in [0.25, 0.3) is 0 Å². The molecule has 0 saturated carbocycles. The number of hydrogen-bond acceptors (Lipinski definition) is 5. The maximum absolute atomic E-state index is 13.8. The highest BCUT2D eigenvalue weighted by molar-refractivity contribution is 7.89. The summed E-state index contributed by atoms with van der Waals surface area (Å²) in [5, 5.41) is 4.63. The van der Waals surface area contributed by atoms with Gasteiger partial charge in [-0.15, -0.1) is 0 Å². The van der Waals surface area contributed by atoms with E-state index in [2.05, 4.69) is 5.10 Å². The van der Waals surface area contributed by atoms with Crippen LogP contribution in [0.4, 0.5) is 0 Å². The van der Waals surface area contributed by atoms with Gasteiger partial charge in [-0.1, -0.05) is 60.2 Å². The van der Waals surface area contributed by atoms with E-state index in [0.29, 0.717) is 34.8 Å². The third-order valence-electron chi connectivity index (χ3n) is 5.67. The number of hydrazone groups is 1. The molecule has 0 bridgehead atoms. The Labute approximate surface area is 189 Å². The predicted octanol–water partition coefficient (Wildman–Crippen LogP) is 4.86. The van der Waals surface area contributed by atoms with Crippen LogP contribution in [0.5, 0.6) is 11.5 Å². The van der Waals surface area contributed by atoms with Crippen LogP contribution in [0.1, 0.15) is 34.7 Å². The van der Waals surface area contributed by atoms with E-state index in [9.17, 15) is 8.42 Å². The molecule has 0 N–H and O–H groups in total. The minimum Gasteiger partial charge on any atom is -0.493 e. The van der Waals surface area contributed by atoms with E-state index in [0.717, 1.165) is 11.1 Å². The molecular formula is C25H26N2O4S. The van der Waals surface area contributed by atoms with Gasteiger partial charge in [0.05, 0.1) is 30.9 Å². The molecule has 0 aromatic heterocycles. The van der Waals surface area contributed by atoms with Gasteiger partial charge in [0.2, 0.25) is 0 Å². The van der Waals surface area contributed by atoms with Crippen molar-refractivity contribution < 1.29 is 17.9 Å². The van der Waals surface area contributed by atoms with Crippen molar-refractivity contribution in [3.05, 3.63) is 89.0 Å². The van der Waals surface area contributed by atoms with Crippen molar-refractivity contribution in [2.75, 3.05) is 14.2 Å². The van der Waals surface area contributed by atoms with E-state index in [1.54, 1.807) is 45.4 Å². The van der Waals surface area contributed by atoms with E-state index < -0.39 is 16.1 Å². The highest BCUT2D eigenvalue weighted by Crippen LogP contribution is 2.44. The normalized spacial score (nSPS) is 16.1. The molecule has 32 heavy (non-hydrogen) atoms. The number of sulfonamides is 1. The Morgan fingerprint density at radius 3 is 2.28 bits per heavy atom. The molecule has 1 aliphatic heterocycles. The first kappa shape index (κ1) is 21.9. The first-order valence-corrected chi connectivity index (χ1v) is 11.8.